The summed E-state index contributed by atoms with van der Waals surface area (Å²) in [6.45, 7) is 4.62. The van der Waals surface area contributed by atoms with E-state index in [2.05, 4.69) is 26.5 Å². The van der Waals surface area contributed by atoms with Gasteiger partial charge in [-0.15, -0.1) is 0 Å². The van der Waals surface area contributed by atoms with Crippen molar-refractivity contribution in [2.75, 3.05) is 5.75 Å². The van der Waals surface area contributed by atoms with E-state index in [4.69, 9.17) is 0 Å². The van der Waals surface area contributed by atoms with Gasteiger partial charge in [-0.1, -0.05) is 13.8 Å². The van der Waals surface area contributed by atoms with Gasteiger partial charge in [0.2, 0.25) is 0 Å². The first-order chi connectivity index (χ1) is 3.75. The monoisotopic (exact) mass is 130 g/mol. The minimum Gasteiger partial charge on any atom is -0.179 e. The molecule has 1 aliphatic carbocycles. The Kier molecular flexibility index (Phi) is 1.86. The number of thiol groups is 1. The van der Waals surface area contributed by atoms with Crippen LogP contribution in [0, 0.1) is 17.8 Å². The molecule has 0 heterocycles. The maximum absolute atomic E-state index is 4.24. The first kappa shape index (κ1) is 6.47. The van der Waals surface area contributed by atoms with Crippen molar-refractivity contribution >= 4 is 12.6 Å². The van der Waals surface area contributed by atoms with Crippen molar-refractivity contribution in [3.63, 3.8) is 0 Å². The third-order valence-electron chi connectivity index (χ3n) is 2.19. The summed E-state index contributed by atoms with van der Waals surface area (Å²) in [4.78, 5) is 0. The third kappa shape index (κ3) is 1.19. The van der Waals surface area contributed by atoms with E-state index in [9.17, 15) is 0 Å². The molecular formula is C7H14S. The van der Waals surface area contributed by atoms with Gasteiger partial charge in [0.15, 0.2) is 0 Å². The lowest BCUT2D eigenvalue weighted by atomic mass is 10.1. The fraction of sp³-hybridized carbons (Fsp3) is 1.00. The first-order valence-corrected chi connectivity index (χ1v) is 3.99. The second kappa shape index (κ2) is 2.30. The summed E-state index contributed by atoms with van der Waals surface area (Å²) >= 11 is 4.24. The molecule has 3 atom stereocenters. The molecule has 0 bridgehead atoms. The van der Waals surface area contributed by atoms with Crippen LogP contribution in [0.5, 0.6) is 0 Å². The smallest absolute Gasteiger partial charge is 0.00694 e. The van der Waals surface area contributed by atoms with Crippen LogP contribution in [0.3, 0.4) is 0 Å². The highest BCUT2D eigenvalue weighted by Crippen LogP contribution is 2.43. The maximum atomic E-state index is 4.24. The molecule has 0 N–H and O–H groups in total. The minimum atomic E-state index is 0.855. The third-order valence-corrected chi connectivity index (χ3v) is 2.77. The van der Waals surface area contributed by atoms with E-state index in [0.29, 0.717) is 0 Å². The summed E-state index contributed by atoms with van der Waals surface area (Å²) in [5, 5.41) is 0. The summed E-state index contributed by atoms with van der Waals surface area (Å²) in [5.41, 5.74) is 0. The second-order valence-electron chi connectivity index (χ2n) is 3.04. The molecular weight excluding hydrogens is 116 g/mol. The van der Waals surface area contributed by atoms with Crippen LogP contribution in [-0.2, 0) is 0 Å². The van der Waals surface area contributed by atoms with Gasteiger partial charge in [0, 0.05) is 0 Å². The first-order valence-electron chi connectivity index (χ1n) is 3.36. The van der Waals surface area contributed by atoms with Crippen LogP contribution in [-0.4, -0.2) is 5.75 Å². The summed E-state index contributed by atoms with van der Waals surface area (Å²) in [6, 6.07) is 0. The van der Waals surface area contributed by atoms with E-state index in [-0.39, 0.29) is 0 Å². The van der Waals surface area contributed by atoms with E-state index >= 15 is 0 Å². The molecule has 0 radical (unpaired) electrons. The maximum Gasteiger partial charge on any atom is -0.00694 e. The number of hydrogen-bond acceptors (Lipinski definition) is 1. The van der Waals surface area contributed by atoms with Gasteiger partial charge in [-0.05, 0) is 29.9 Å². The zero-order valence-corrected chi connectivity index (χ0v) is 6.49. The normalized spacial score (nSPS) is 39.4. The lowest BCUT2D eigenvalue weighted by Gasteiger charge is -2.03. The van der Waals surface area contributed by atoms with E-state index in [0.717, 1.165) is 23.5 Å². The van der Waals surface area contributed by atoms with E-state index in [1.807, 2.05) is 0 Å². The zero-order valence-electron chi connectivity index (χ0n) is 5.59. The molecule has 0 saturated heterocycles. The Morgan fingerprint density at radius 2 is 2.25 bits per heavy atom. The second-order valence-corrected chi connectivity index (χ2v) is 3.40. The molecule has 3 unspecified atom stereocenters. The Labute approximate surface area is 57.1 Å². The molecule has 1 aliphatic rings. The van der Waals surface area contributed by atoms with Crippen molar-refractivity contribution in [1.29, 1.82) is 0 Å². The van der Waals surface area contributed by atoms with Gasteiger partial charge in [0.25, 0.3) is 0 Å². The van der Waals surface area contributed by atoms with Gasteiger partial charge in [-0.3, -0.25) is 0 Å². The fourth-order valence-corrected chi connectivity index (χ4v) is 1.55. The largest absolute Gasteiger partial charge is 0.179 e. The summed E-state index contributed by atoms with van der Waals surface area (Å²) in [7, 11) is 0. The Balaban J connectivity index is 2.18. The lowest BCUT2D eigenvalue weighted by Crippen LogP contribution is -1.98. The average Bonchev–Trinajstić information content (AvgIpc) is 2.45. The van der Waals surface area contributed by atoms with Gasteiger partial charge in [0.05, 0.1) is 0 Å². The molecule has 48 valence electrons. The Morgan fingerprint density at radius 1 is 1.75 bits per heavy atom. The van der Waals surface area contributed by atoms with E-state index in [1.165, 1.54) is 6.42 Å². The predicted octanol–water partition coefficient (Wildman–Crippen LogP) is 2.21. The quantitative estimate of drug-likeness (QED) is 0.544. The van der Waals surface area contributed by atoms with Crippen LogP contribution in [0.1, 0.15) is 20.3 Å². The Hall–Kier alpha value is 0.350. The molecule has 0 spiro atoms. The molecule has 1 saturated carbocycles. The highest BCUT2D eigenvalue weighted by atomic mass is 32.1. The van der Waals surface area contributed by atoms with Gasteiger partial charge in [-0.25, -0.2) is 0 Å². The van der Waals surface area contributed by atoms with Crippen molar-refractivity contribution < 1.29 is 0 Å². The van der Waals surface area contributed by atoms with Gasteiger partial charge < -0.3 is 0 Å². The van der Waals surface area contributed by atoms with Crippen LogP contribution in [0.25, 0.3) is 0 Å². The van der Waals surface area contributed by atoms with Crippen LogP contribution in [0.4, 0.5) is 0 Å². The average molecular weight is 130 g/mol. The van der Waals surface area contributed by atoms with Crippen LogP contribution in [0.15, 0.2) is 0 Å². The van der Waals surface area contributed by atoms with Crippen molar-refractivity contribution in [2.45, 2.75) is 20.3 Å². The topological polar surface area (TPSA) is 0 Å². The molecule has 1 rings (SSSR count). The summed E-state index contributed by atoms with van der Waals surface area (Å²) in [5.74, 6) is 3.92. The highest BCUT2D eigenvalue weighted by molar-refractivity contribution is 7.80. The van der Waals surface area contributed by atoms with Crippen LogP contribution >= 0.6 is 12.6 Å². The molecule has 0 amide bonds. The highest BCUT2D eigenvalue weighted by Gasteiger charge is 2.35. The molecule has 0 aliphatic heterocycles. The van der Waals surface area contributed by atoms with Gasteiger partial charge in [0.1, 0.15) is 0 Å². The Bertz CT molecular complexity index is 78.5. The van der Waals surface area contributed by atoms with Gasteiger partial charge in [-0.2, -0.15) is 12.6 Å². The predicted molar refractivity (Wildman–Crippen MR) is 40.3 cm³/mol. The van der Waals surface area contributed by atoms with Crippen molar-refractivity contribution in [3.8, 4) is 0 Å². The lowest BCUT2D eigenvalue weighted by molar-refractivity contribution is 0.540. The van der Waals surface area contributed by atoms with E-state index in [1.54, 1.807) is 0 Å². The molecule has 1 fully saturated rings. The number of rotatable bonds is 2. The standard InChI is InChI=1S/C7H14S/c1-5-3-7(5)6(2)4-8/h5-8H,3-4H2,1-2H3. The molecule has 8 heavy (non-hydrogen) atoms. The zero-order chi connectivity index (χ0) is 6.15. The summed E-state index contributed by atoms with van der Waals surface area (Å²) < 4.78 is 0. The Morgan fingerprint density at radius 3 is 2.38 bits per heavy atom. The van der Waals surface area contributed by atoms with Crippen molar-refractivity contribution in [3.05, 3.63) is 0 Å². The summed E-state index contributed by atoms with van der Waals surface area (Å²) in [6.07, 6.45) is 1.45. The SMILES string of the molecule is CC(CS)C1CC1C. The fourth-order valence-electron chi connectivity index (χ4n) is 1.28. The van der Waals surface area contributed by atoms with Crippen molar-refractivity contribution in [2.24, 2.45) is 17.8 Å². The van der Waals surface area contributed by atoms with Crippen LogP contribution in [0.2, 0.25) is 0 Å². The molecule has 0 aromatic heterocycles. The minimum absolute atomic E-state index is 0.855. The van der Waals surface area contributed by atoms with Gasteiger partial charge >= 0.3 is 0 Å². The molecule has 1 heteroatoms. The molecule has 0 aromatic carbocycles. The van der Waals surface area contributed by atoms with Crippen molar-refractivity contribution in [1.82, 2.24) is 0 Å². The molecule has 0 aromatic rings. The number of hydrogen-bond donors (Lipinski definition) is 1. The molecule has 0 nitrogen and oxygen atoms in total. The van der Waals surface area contributed by atoms with E-state index < -0.39 is 0 Å². The van der Waals surface area contributed by atoms with Crippen LogP contribution < -0.4 is 0 Å².